The Morgan fingerprint density at radius 1 is 1.06 bits per heavy atom. The van der Waals surface area contributed by atoms with Crippen LogP contribution in [0, 0.1) is 0 Å². The summed E-state index contributed by atoms with van der Waals surface area (Å²) in [6.45, 7) is 3.91. The van der Waals surface area contributed by atoms with Crippen LogP contribution in [-0.4, -0.2) is 32.4 Å². The quantitative estimate of drug-likeness (QED) is 0.874. The van der Waals surface area contributed by atoms with Gasteiger partial charge in [0, 0.05) is 5.56 Å². The molecule has 0 aliphatic rings. The summed E-state index contributed by atoms with van der Waals surface area (Å²) in [6, 6.07) is 1.56. The van der Waals surface area contributed by atoms with E-state index in [1.54, 1.807) is 6.07 Å². The molecule has 1 aromatic carbocycles. The molecule has 0 fully saturated rings. The summed E-state index contributed by atoms with van der Waals surface area (Å²) in [5.41, 5.74) is 0.839. The van der Waals surface area contributed by atoms with E-state index in [9.17, 15) is 9.90 Å². The fourth-order valence-corrected chi connectivity index (χ4v) is 1.83. The van der Waals surface area contributed by atoms with Crippen LogP contribution < -0.4 is 14.2 Å². The molecular formula is C13H18O5. The Balaban J connectivity index is 3.67. The van der Waals surface area contributed by atoms with E-state index in [-0.39, 0.29) is 17.2 Å². The maximum atomic E-state index is 11.2. The first kappa shape index (κ1) is 14.2. The number of carboxylic acids is 1. The number of aromatic carboxylic acids is 1. The van der Waals surface area contributed by atoms with E-state index in [2.05, 4.69) is 0 Å². The third kappa shape index (κ3) is 2.34. The summed E-state index contributed by atoms with van der Waals surface area (Å²) >= 11 is 0. The Morgan fingerprint density at radius 2 is 1.56 bits per heavy atom. The van der Waals surface area contributed by atoms with Gasteiger partial charge in [-0.1, -0.05) is 13.8 Å². The minimum atomic E-state index is -1.06. The molecule has 0 aliphatic heterocycles. The van der Waals surface area contributed by atoms with Crippen LogP contribution in [0.15, 0.2) is 6.07 Å². The average Bonchev–Trinajstić information content (AvgIpc) is 2.35. The van der Waals surface area contributed by atoms with Crippen molar-refractivity contribution in [3.8, 4) is 17.2 Å². The molecule has 0 saturated carbocycles. The summed E-state index contributed by atoms with van der Waals surface area (Å²) in [5, 5.41) is 9.21. The van der Waals surface area contributed by atoms with Crippen molar-refractivity contribution in [1.82, 2.24) is 0 Å². The van der Waals surface area contributed by atoms with Gasteiger partial charge in [0.1, 0.15) is 5.56 Å². The molecule has 0 spiro atoms. The first-order valence-corrected chi connectivity index (χ1v) is 5.54. The van der Waals surface area contributed by atoms with Crippen molar-refractivity contribution in [2.75, 3.05) is 21.3 Å². The molecule has 0 aromatic heterocycles. The number of carbonyl (C=O) groups is 1. The van der Waals surface area contributed by atoms with Gasteiger partial charge in [0.15, 0.2) is 11.5 Å². The molecule has 0 unspecified atom stereocenters. The summed E-state index contributed by atoms with van der Waals surface area (Å²) in [6.07, 6.45) is 0. The largest absolute Gasteiger partial charge is 0.492 e. The van der Waals surface area contributed by atoms with Crippen molar-refractivity contribution in [3.05, 3.63) is 17.2 Å². The minimum absolute atomic E-state index is 0.0684. The SMILES string of the molecule is COc1c(C(=O)O)cc(C(C)C)c(OC)c1OC. The lowest BCUT2D eigenvalue weighted by Crippen LogP contribution is -2.07. The van der Waals surface area contributed by atoms with Crippen LogP contribution in [0.2, 0.25) is 0 Å². The monoisotopic (exact) mass is 254 g/mol. The molecule has 18 heavy (non-hydrogen) atoms. The topological polar surface area (TPSA) is 65.0 Å². The second-order valence-corrected chi connectivity index (χ2v) is 4.07. The molecule has 0 atom stereocenters. The van der Waals surface area contributed by atoms with Gasteiger partial charge in [-0.15, -0.1) is 0 Å². The highest BCUT2D eigenvalue weighted by Crippen LogP contribution is 2.44. The molecule has 1 rings (SSSR count). The van der Waals surface area contributed by atoms with Crippen molar-refractivity contribution in [1.29, 1.82) is 0 Å². The Bertz CT molecular complexity index is 451. The first-order valence-electron chi connectivity index (χ1n) is 5.54. The lowest BCUT2D eigenvalue weighted by atomic mass is 9.98. The van der Waals surface area contributed by atoms with Gasteiger partial charge in [-0.2, -0.15) is 0 Å². The van der Waals surface area contributed by atoms with Crippen LogP contribution in [0.4, 0.5) is 0 Å². The minimum Gasteiger partial charge on any atom is -0.492 e. The maximum absolute atomic E-state index is 11.2. The second kappa shape index (κ2) is 5.62. The van der Waals surface area contributed by atoms with E-state index >= 15 is 0 Å². The molecule has 0 heterocycles. The number of benzene rings is 1. The third-order valence-corrected chi connectivity index (χ3v) is 2.68. The van der Waals surface area contributed by atoms with Crippen molar-refractivity contribution in [3.63, 3.8) is 0 Å². The number of hydrogen-bond acceptors (Lipinski definition) is 4. The number of rotatable bonds is 5. The van der Waals surface area contributed by atoms with Gasteiger partial charge in [0.05, 0.1) is 21.3 Å². The van der Waals surface area contributed by atoms with Gasteiger partial charge < -0.3 is 19.3 Å². The van der Waals surface area contributed by atoms with Crippen LogP contribution in [0.5, 0.6) is 17.2 Å². The molecule has 1 N–H and O–H groups in total. The smallest absolute Gasteiger partial charge is 0.339 e. The predicted octanol–water partition coefficient (Wildman–Crippen LogP) is 2.53. The van der Waals surface area contributed by atoms with Gasteiger partial charge in [-0.25, -0.2) is 4.79 Å². The number of methoxy groups -OCH3 is 3. The Labute approximate surface area is 106 Å². The van der Waals surface area contributed by atoms with Crippen molar-refractivity contribution < 1.29 is 24.1 Å². The maximum Gasteiger partial charge on any atom is 0.339 e. The molecule has 1 aromatic rings. The van der Waals surface area contributed by atoms with E-state index in [0.717, 1.165) is 5.56 Å². The van der Waals surface area contributed by atoms with Crippen LogP contribution in [0.3, 0.4) is 0 Å². The summed E-state index contributed by atoms with van der Waals surface area (Å²) in [4.78, 5) is 11.2. The van der Waals surface area contributed by atoms with Crippen molar-refractivity contribution in [2.24, 2.45) is 0 Å². The molecular weight excluding hydrogens is 236 g/mol. The third-order valence-electron chi connectivity index (χ3n) is 2.68. The number of hydrogen-bond donors (Lipinski definition) is 1. The highest BCUT2D eigenvalue weighted by molar-refractivity contribution is 5.93. The van der Waals surface area contributed by atoms with E-state index in [1.807, 2.05) is 13.8 Å². The zero-order valence-corrected chi connectivity index (χ0v) is 11.2. The fraction of sp³-hybridized carbons (Fsp3) is 0.462. The number of carboxylic acid groups (broad SMARTS) is 1. The normalized spacial score (nSPS) is 10.3. The standard InChI is InChI=1S/C13H18O5/c1-7(2)8-6-9(13(14)15)11(17-4)12(18-5)10(8)16-3/h6-7H,1-5H3,(H,14,15). The summed E-state index contributed by atoms with van der Waals surface area (Å²) in [7, 11) is 4.37. The highest BCUT2D eigenvalue weighted by Gasteiger charge is 2.25. The number of ether oxygens (including phenoxy) is 3. The Morgan fingerprint density at radius 3 is 1.89 bits per heavy atom. The summed E-state index contributed by atoms with van der Waals surface area (Å²) in [5.74, 6) is 0.0387. The van der Waals surface area contributed by atoms with Gasteiger partial charge in [0.25, 0.3) is 0 Å². The fourth-order valence-electron chi connectivity index (χ4n) is 1.83. The molecule has 5 heteroatoms. The van der Waals surface area contributed by atoms with E-state index < -0.39 is 5.97 Å². The zero-order valence-electron chi connectivity index (χ0n) is 11.2. The zero-order chi connectivity index (χ0) is 13.9. The lowest BCUT2D eigenvalue weighted by Gasteiger charge is -2.19. The van der Waals surface area contributed by atoms with Gasteiger partial charge in [0.2, 0.25) is 5.75 Å². The molecule has 5 nitrogen and oxygen atoms in total. The molecule has 0 bridgehead atoms. The van der Waals surface area contributed by atoms with Crippen LogP contribution in [-0.2, 0) is 0 Å². The first-order chi connectivity index (χ1) is 8.47. The highest BCUT2D eigenvalue weighted by atomic mass is 16.5. The van der Waals surface area contributed by atoms with Crippen LogP contribution >= 0.6 is 0 Å². The average molecular weight is 254 g/mol. The molecule has 100 valence electrons. The van der Waals surface area contributed by atoms with Gasteiger partial charge >= 0.3 is 5.97 Å². The Kier molecular flexibility index (Phi) is 4.42. The lowest BCUT2D eigenvalue weighted by molar-refractivity contribution is 0.0692. The summed E-state index contributed by atoms with van der Waals surface area (Å²) < 4.78 is 15.7. The predicted molar refractivity (Wildman–Crippen MR) is 67.1 cm³/mol. The molecule has 0 saturated heterocycles. The second-order valence-electron chi connectivity index (χ2n) is 4.07. The molecule has 0 radical (unpaired) electrons. The van der Waals surface area contributed by atoms with E-state index in [4.69, 9.17) is 14.2 Å². The van der Waals surface area contributed by atoms with Crippen molar-refractivity contribution in [2.45, 2.75) is 19.8 Å². The van der Waals surface area contributed by atoms with Gasteiger partial charge in [-0.05, 0) is 12.0 Å². The van der Waals surface area contributed by atoms with Crippen LogP contribution in [0.1, 0.15) is 35.7 Å². The molecule has 0 amide bonds. The van der Waals surface area contributed by atoms with Crippen molar-refractivity contribution >= 4 is 5.97 Å². The van der Waals surface area contributed by atoms with Crippen LogP contribution in [0.25, 0.3) is 0 Å². The van der Waals surface area contributed by atoms with Gasteiger partial charge in [-0.3, -0.25) is 0 Å². The Hall–Kier alpha value is -1.91. The van der Waals surface area contributed by atoms with E-state index in [1.165, 1.54) is 21.3 Å². The molecule has 0 aliphatic carbocycles. The van der Waals surface area contributed by atoms with E-state index in [0.29, 0.717) is 11.5 Å².